The molecule has 9 heteroatoms. The van der Waals surface area contributed by atoms with Crippen LogP contribution in [0, 0.1) is 0 Å². The number of hydrogen-bond donors (Lipinski definition) is 2. The molecule has 1 rings (SSSR count). The Morgan fingerprint density at radius 3 is 2.90 bits per heavy atom. The Kier molecular flexibility index (Phi) is 6.35. The normalized spacial score (nSPS) is 9.40. The zero-order valence-corrected chi connectivity index (χ0v) is 10.7. The molecule has 2 amide bonds. The number of carbonyl (C=O) groups excluding carboxylic acids is 2. The number of nitrogens with zero attached hydrogens (tertiary/aromatic N) is 4. The van der Waals surface area contributed by atoms with E-state index in [1.807, 2.05) is 0 Å². The number of azide groups is 1. The van der Waals surface area contributed by atoms with Crippen molar-refractivity contribution in [1.82, 2.24) is 4.98 Å². The predicted octanol–water partition coefficient (Wildman–Crippen LogP) is 1.71. The molecule has 0 saturated carbocycles. The SMILES string of the molecule is [N-]=[N+]=NCc1ccc(NC(=O)CCCOC(N)=O)cn1. The summed E-state index contributed by atoms with van der Waals surface area (Å²) >= 11 is 0. The van der Waals surface area contributed by atoms with Crippen LogP contribution >= 0.6 is 0 Å². The van der Waals surface area contributed by atoms with Gasteiger partial charge in [-0.3, -0.25) is 9.78 Å². The van der Waals surface area contributed by atoms with Gasteiger partial charge in [-0.25, -0.2) is 4.79 Å². The van der Waals surface area contributed by atoms with Crippen LogP contribution in [0.1, 0.15) is 18.5 Å². The van der Waals surface area contributed by atoms with E-state index in [0.29, 0.717) is 17.8 Å². The Labute approximate surface area is 114 Å². The van der Waals surface area contributed by atoms with Crippen LogP contribution < -0.4 is 11.1 Å². The summed E-state index contributed by atoms with van der Waals surface area (Å²) < 4.78 is 4.50. The van der Waals surface area contributed by atoms with Crippen molar-refractivity contribution in [3.05, 3.63) is 34.5 Å². The molecule has 0 aliphatic rings. The highest BCUT2D eigenvalue weighted by Gasteiger charge is 2.03. The maximum Gasteiger partial charge on any atom is 0.404 e. The van der Waals surface area contributed by atoms with E-state index in [9.17, 15) is 9.59 Å². The van der Waals surface area contributed by atoms with Crippen LogP contribution in [-0.4, -0.2) is 23.6 Å². The monoisotopic (exact) mass is 278 g/mol. The molecule has 9 nitrogen and oxygen atoms in total. The Morgan fingerprint density at radius 2 is 2.30 bits per heavy atom. The number of ether oxygens (including phenoxy) is 1. The first kappa shape index (κ1) is 15.3. The van der Waals surface area contributed by atoms with E-state index in [4.69, 9.17) is 11.3 Å². The highest BCUT2D eigenvalue weighted by atomic mass is 16.5. The van der Waals surface area contributed by atoms with Gasteiger partial charge in [0.15, 0.2) is 0 Å². The van der Waals surface area contributed by atoms with E-state index in [-0.39, 0.29) is 25.5 Å². The first-order valence-corrected chi connectivity index (χ1v) is 5.79. The summed E-state index contributed by atoms with van der Waals surface area (Å²) in [6.07, 6.45) is 1.20. The largest absolute Gasteiger partial charge is 0.450 e. The molecule has 0 aromatic carbocycles. The van der Waals surface area contributed by atoms with Gasteiger partial charge in [0, 0.05) is 17.0 Å². The van der Waals surface area contributed by atoms with E-state index in [0.717, 1.165) is 0 Å². The summed E-state index contributed by atoms with van der Waals surface area (Å²) in [6, 6.07) is 3.31. The number of rotatable bonds is 7. The second-order valence-electron chi connectivity index (χ2n) is 3.75. The van der Waals surface area contributed by atoms with Gasteiger partial charge in [0.2, 0.25) is 5.91 Å². The number of pyridine rings is 1. The van der Waals surface area contributed by atoms with Crippen molar-refractivity contribution in [1.29, 1.82) is 0 Å². The third kappa shape index (κ3) is 6.22. The van der Waals surface area contributed by atoms with Gasteiger partial charge in [-0.1, -0.05) is 5.11 Å². The Balaban J connectivity index is 2.34. The van der Waals surface area contributed by atoms with Gasteiger partial charge >= 0.3 is 6.09 Å². The minimum Gasteiger partial charge on any atom is -0.450 e. The molecule has 0 saturated heterocycles. The van der Waals surface area contributed by atoms with Gasteiger partial charge in [0.1, 0.15) is 0 Å². The molecule has 0 fully saturated rings. The first-order chi connectivity index (χ1) is 9.61. The summed E-state index contributed by atoms with van der Waals surface area (Å²) in [5.41, 5.74) is 14.1. The number of nitrogens with two attached hydrogens (primary N) is 1. The van der Waals surface area contributed by atoms with Crippen molar-refractivity contribution in [3.63, 3.8) is 0 Å². The zero-order valence-electron chi connectivity index (χ0n) is 10.7. The number of aromatic nitrogens is 1. The maximum absolute atomic E-state index is 11.5. The van der Waals surface area contributed by atoms with Crippen LogP contribution in [0.5, 0.6) is 0 Å². The van der Waals surface area contributed by atoms with Crippen molar-refractivity contribution in [2.75, 3.05) is 11.9 Å². The highest BCUT2D eigenvalue weighted by molar-refractivity contribution is 5.90. The second kappa shape index (κ2) is 8.33. The van der Waals surface area contributed by atoms with Crippen molar-refractivity contribution < 1.29 is 14.3 Å². The van der Waals surface area contributed by atoms with Crippen LogP contribution in [-0.2, 0) is 16.1 Å². The third-order valence-corrected chi connectivity index (χ3v) is 2.20. The molecule has 0 aliphatic heterocycles. The number of anilines is 1. The maximum atomic E-state index is 11.5. The fourth-order valence-electron chi connectivity index (χ4n) is 1.33. The van der Waals surface area contributed by atoms with Crippen LogP contribution in [0.25, 0.3) is 10.4 Å². The van der Waals surface area contributed by atoms with Crippen molar-refractivity contribution >= 4 is 17.7 Å². The van der Waals surface area contributed by atoms with Gasteiger partial charge in [-0.2, -0.15) is 0 Å². The van der Waals surface area contributed by atoms with Gasteiger partial charge in [0.25, 0.3) is 0 Å². The zero-order chi connectivity index (χ0) is 14.8. The summed E-state index contributed by atoms with van der Waals surface area (Å²) in [6.45, 7) is 0.265. The van der Waals surface area contributed by atoms with E-state index in [1.54, 1.807) is 12.1 Å². The highest BCUT2D eigenvalue weighted by Crippen LogP contribution is 2.08. The Bertz CT molecular complexity index is 509. The molecule has 0 aliphatic carbocycles. The van der Waals surface area contributed by atoms with E-state index in [1.165, 1.54) is 6.20 Å². The molecule has 0 atom stereocenters. The summed E-state index contributed by atoms with van der Waals surface area (Å²) in [4.78, 5) is 28.5. The molecule has 0 spiro atoms. The van der Waals surface area contributed by atoms with E-state index < -0.39 is 6.09 Å². The van der Waals surface area contributed by atoms with Crippen LogP contribution in [0.4, 0.5) is 10.5 Å². The molecule has 1 heterocycles. The lowest BCUT2D eigenvalue weighted by atomic mass is 10.3. The Hall–Kier alpha value is -2.80. The molecule has 0 bridgehead atoms. The average molecular weight is 278 g/mol. The van der Waals surface area contributed by atoms with Crippen molar-refractivity contribution in [3.8, 4) is 0 Å². The number of primary amides is 1. The Morgan fingerprint density at radius 1 is 1.50 bits per heavy atom. The van der Waals surface area contributed by atoms with Crippen LogP contribution in [0.2, 0.25) is 0 Å². The molecule has 0 radical (unpaired) electrons. The first-order valence-electron chi connectivity index (χ1n) is 5.79. The minimum atomic E-state index is -0.856. The molecule has 1 aromatic rings. The standard InChI is InChI=1S/C11H14N6O3/c12-11(19)20-5-1-2-10(18)16-9-4-3-8(14-6-9)7-15-17-13/h3-4,6H,1-2,5,7H2,(H2,12,19)(H,16,18). The fourth-order valence-corrected chi connectivity index (χ4v) is 1.33. The minimum absolute atomic E-state index is 0.103. The van der Waals surface area contributed by atoms with Gasteiger partial charge in [0.05, 0.1) is 25.0 Å². The molecule has 20 heavy (non-hydrogen) atoms. The lowest BCUT2D eigenvalue weighted by Gasteiger charge is -2.05. The second-order valence-corrected chi connectivity index (χ2v) is 3.75. The van der Waals surface area contributed by atoms with Crippen molar-refractivity contribution in [2.45, 2.75) is 19.4 Å². The molecule has 3 N–H and O–H groups in total. The number of nitrogens with one attached hydrogen (secondary N) is 1. The van der Waals surface area contributed by atoms with E-state index >= 15 is 0 Å². The molecule has 106 valence electrons. The van der Waals surface area contributed by atoms with Gasteiger partial charge in [-0.05, 0) is 24.1 Å². The number of hydrogen-bond acceptors (Lipinski definition) is 5. The van der Waals surface area contributed by atoms with E-state index in [2.05, 4.69) is 25.1 Å². The fraction of sp³-hybridized carbons (Fsp3) is 0.364. The molecule has 1 aromatic heterocycles. The number of carbonyl (C=O) groups is 2. The average Bonchev–Trinajstić information content (AvgIpc) is 2.43. The molecular weight excluding hydrogens is 264 g/mol. The molecule has 0 unspecified atom stereocenters. The summed E-state index contributed by atoms with van der Waals surface area (Å²) in [5.74, 6) is -0.220. The third-order valence-electron chi connectivity index (χ3n) is 2.20. The molecular formula is C11H14N6O3. The van der Waals surface area contributed by atoms with Gasteiger partial charge < -0.3 is 15.8 Å². The lowest BCUT2D eigenvalue weighted by Crippen LogP contribution is -2.16. The van der Waals surface area contributed by atoms with Crippen LogP contribution in [0.15, 0.2) is 23.4 Å². The lowest BCUT2D eigenvalue weighted by molar-refractivity contribution is -0.116. The summed E-state index contributed by atoms with van der Waals surface area (Å²) in [7, 11) is 0. The quantitative estimate of drug-likeness (QED) is 0.338. The summed E-state index contributed by atoms with van der Waals surface area (Å²) in [5, 5.41) is 6.01. The van der Waals surface area contributed by atoms with Crippen LogP contribution in [0.3, 0.4) is 0 Å². The van der Waals surface area contributed by atoms with Gasteiger partial charge in [-0.15, -0.1) is 0 Å². The topological polar surface area (TPSA) is 143 Å². The smallest absolute Gasteiger partial charge is 0.404 e. The van der Waals surface area contributed by atoms with Crippen molar-refractivity contribution in [2.24, 2.45) is 10.8 Å². The number of amides is 2. The predicted molar refractivity (Wildman–Crippen MR) is 70.5 cm³/mol.